The van der Waals surface area contributed by atoms with Crippen LogP contribution >= 0.6 is 0 Å². The van der Waals surface area contributed by atoms with Crippen molar-refractivity contribution in [2.45, 2.75) is 6.54 Å². The lowest BCUT2D eigenvalue weighted by atomic mass is 9.84. The molecule has 0 aromatic heterocycles. The van der Waals surface area contributed by atoms with E-state index in [0.717, 1.165) is 31.6 Å². The van der Waals surface area contributed by atoms with Gasteiger partial charge in [-0.3, -0.25) is 0 Å². The van der Waals surface area contributed by atoms with Crippen molar-refractivity contribution in [2.75, 3.05) is 20.1 Å². The smallest absolute Gasteiger partial charge is 0.327 e. The lowest BCUT2D eigenvalue weighted by Crippen LogP contribution is -2.29. The van der Waals surface area contributed by atoms with Gasteiger partial charge in [-0.15, -0.1) is 0 Å². The van der Waals surface area contributed by atoms with E-state index in [1.807, 2.05) is 31.3 Å². The summed E-state index contributed by atoms with van der Waals surface area (Å²) in [5.74, 6) is 0. The van der Waals surface area contributed by atoms with Gasteiger partial charge in [0.15, 0.2) is 0 Å². The third-order valence-electron chi connectivity index (χ3n) is 2.15. The van der Waals surface area contributed by atoms with E-state index < -0.39 is 0 Å². The number of hydrogen-bond acceptors (Lipinski definition) is 3. The van der Waals surface area contributed by atoms with E-state index in [9.17, 15) is 0 Å². The lowest BCUT2D eigenvalue weighted by Gasteiger charge is -2.16. The maximum atomic E-state index is 8.99. The first-order chi connectivity index (χ1) is 6.77. The fourth-order valence-corrected chi connectivity index (χ4v) is 1.39. The Labute approximate surface area is 85.8 Å². The minimum absolute atomic E-state index is 0.654. The SMILES string of the molecule is CN(CCN)Cc1ccccc1[B]O. The Balaban J connectivity index is 2.65. The number of rotatable bonds is 5. The number of nitrogens with zero attached hydrogens (tertiary/aromatic N) is 1. The number of likely N-dealkylation sites (N-methyl/N-ethyl adjacent to an activating group) is 1. The second-order valence-electron chi connectivity index (χ2n) is 3.35. The van der Waals surface area contributed by atoms with Gasteiger partial charge in [0.2, 0.25) is 0 Å². The lowest BCUT2D eigenvalue weighted by molar-refractivity contribution is 0.337. The summed E-state index contributed by atoms with van der Waals surface area (Å²) >= 11 is 0. The molecule has 1 radical (unpaired) electrons. The van der Waals surface area contributed by atoms with E-state index in [1.54, 1.807) is 0 Å². The fourth-order valence-electron chi connectivity index (χ4n) is 1.39. The standard InChI is InChI=1S/C10H16BN2O/c1-13(7-6-12)8-9-4-2-3-5-10(9)11-14/h2-5,14H,6-8,12H2,1H3. The topological polar surface area (TPSA) is 49.5 Å². The van der Waals surface area contributed by atoms with Gasteiger partial charge in [-0.05, 0) is 18.1 Å². The van der Waals surface area contributed by atoms with Crippen molar-refractivity contribution in [1.82, 2.24) is 4.90 Å². The van der Waals surface area contributed by atoms with E-state index in [1.165, 1.54) is 0 Å². The van der Waals surface area contributed by atoms with Gasteiger partial charge in [-0.2, -0.15) is 0 Å². The molecule has 0 fully saturated rings. The second-order valence-corrected chi connectivity index (χ2v) is 3.35. The molecule has 0 spiro atoms. The number of hydrogen-bond donors (Lipinski definition) is 2. The summed E-state index contributed by atoms with van der Waals surface area (Å²) in [6.07, 6.45) is 0. The molecule has 14 heavy (non-hydrogen) atoms. The Morgan fingerprint density at radius 3 is 2.79 bits per heavy atom. The Morgan fingerprint density at radius 1 is 1.43 bits per heavy atom. The van der Waals surface area contributed by atoms with Gasteiger partial charge >= 0.3 is 7.48 Å². The van der Waals surface area contributed by atoms with Crippen molar-refractivity contribution >= 4 is 12.9 Å². The van der Waals surface area contributed by atoms with Crippen molar-refractivity contribution in [1.29, 1.82) is 0 Å². The van der Waals surface area contributed by atoms with Gasteiger partial charge in [0, 0.05) is 19.6 Å². The second kappa shape index (κ2) is 5.80. The Kier molecular flexibility index (Phi) is 4.66. The quantitative estimate of drug-likeness (QED) is 0.606. The van der Waals surface area contributed by atoms with Crippen LogP contribution in [0.15, 0.2) is 24.3 Å². The molecule has 3 nitrogen and oxygen atoms in total. The zero-order valence-corrected chi connectivity index (χ0v) is 8.48. The van der Waals surface area contributed by atoms with Crippen LogP contribution in [-0.2, 0) is 6.54 Å². The van der Waals surface area contributed by atoms with Crippen LogP contribution in [0.25, 0.3) is 0 Å². The summed E-state index contributed by atoms with van der Waals surface area (Å²) in [4.78, 5) is 2.13. The predicted molar refractivity (Wildman–Crippen MR) is 59.4 cm³/mol. The molecule has 4 heteroatoms. The first-order valence-electron chi connectivity index (χ1n) is 4.72. The summed E-state index contributed by atoms with van der Waals surface area (Å²) in [6, 6.07) is 7.79. The van der Waals surface area contributed by atoms with Gasteiger partial charge in [0.25, 0.3) is 0 Å². The van der Waals surface area contributed by atoms with Gasteiger partial charge in [-0.25, -0.2) is 0 Å². The minimum Gasteiger partial charge on any atom is -0.450 e. The highest BCUT2D eigenvalue weighted by Gasteiger charge is 2.04. The highest BCUT2D eigenvalue weighted by molar-refractivity contribution is 6.46. The fraction of sp³-hybridized carbons (Fsp3) is 0.400. The molecule has 0 aliphatic heterocycles. The zero-order valence-electron chi connectivity index (χ0n) is 8.48. The van der Waals surface area contributed by atoms with Gasteiger partial charge in [0.05, 0.1) is 0 Å². The monoisotopic (exact) mass is 191 g/mol. The Bertz CT molecular complexity index is 281. The van der Waals surface area contributed by atoms with Crippen molar-refractivity contribution < 1.29 is 5.02 Å². The molecule has 0 bridgehead atoms. The van der Waals surface area contributed by atoms with Crippen molar-refractivity contribution in [3.8, 4) is 0 Å². The van der Waals surface area contributed by atoms with Crippen LogP contribution in [0.2, 0.25) is 0 Å². The maximum Gasteiger partial charge on any atom is 0.327 e. The van der Waals surface area contributed by atoms with E-state index >= 15 is 0 Å². The molecule has 0 saturated heterocycles. The van der Waals surface area contributed by atoms with Gasteiger partial charge < -0.3 is 15.7 Å². The molecule has 1 rings (SSSR count). The summed E-state index contributed by atoms with van der Waals surface area (Å²) in [7, 11) is 3.16. The largest absolute Gasteiger partial charge is 0.450 e. The zero-order chi connectivity index (χ0) is 10.4. The first kappa shape index (κ1) is 11.2. The molecule has 0 aliphatic rings. The normalized spacial score (nSPS) is 10.6. The summed E-state index contributed by atoms with van der Waals surface area (Å²) in [6.45, 7) is 2.33. The molecule has 0 heterocycles. The predicted octanol–water partition coefficient (Wildman–Crippen LogP) is -0.686. The molecular weight excluding hydrogens is 175 g/mol. The molecule has 0 saturated carbocycles. The third kappa shape index (κ3) is 3.14. The maximum absolute atomic E-state index is 8.99. The van der Waals surface area contributed by atoms with Crippen molar-refractivity contribution in [2.24, 2.45) is 5.73 Å². The molecule has 0 unspecified atom stereocenters. The third-order valence-corrected chi connectivity index (χ3v) is 2.15. The molecule has 75 valence electrons. The van der Waals surface area contributed by atoms with E-state index in [4.69, 9.17) is 10.8 Å². The molecule has 0 amide bonds. The number of benzene rings is 1. The highest BCUT2D eigenvalue weighted by Crippen LogP contribution is 1.99. The van der Waals surface area contributed by atoms with Crippen LogP contribution < -0.4 is 11.2 Å². The van der Waals surface area contributed by atoms with E-state index in [2.05, 4.69) is 4.90 Å². The van der Waals surface area contributed by atoms with Crippen LogP contribution in [0, 0.1) is 0 Å². The van der Waals surface area contributed by atoms with Crippen LogP contribution in [0.1, 0.15) is 5.56 Å². The highest BCUT2D eigenvalue weighted by atomic mass is 16.2. The average molecular weight is 191 g/mol. The van der Waals surface area contributed by atoms with Crippen LogP contribution in [0.5, 0.6) is 0 Å². The number of nitrogens with two attached hydrogens (primary N) is 1. The minimum atomic E-state index is 0.654. The van der Waals surface area contributed by atoms with Gasteiger partial charge in [-0.1, -0.05) is 24.3 Å². The Morgan fingerprint density at radius 2 is 2.14 bits per heavy atom. The van der Waals surface area contributed by atoms with Gasteiger partial charge in [0.1, 0.15) is 0 Å². The van der Waals surface area contributed by atoms with Crippen molar-refractivity contribution in [3.05, 3.63) is 29.8 Å². The summed E-state index contributed by atoms with van der Waals surface area (Å²) in [5, 5.41) is 8.99. The van der Waals surface area contributed by atoms with Crippen LogP contribution in [0.4, 0.5) is 0 Å². The van der Waals surface area contributed by atoms with Crippen LogP contribution in [-0.4, -0.2) is 37.5 Å². The Hall–Kier alpha value is -0.835. The molecular formula is C10H16BN2O. The molecule has 1 aromatic carbocycles. The van der Waals surface area contributed by atoms with E-state index in [0.29, 0.717) is 6.54 Å². The molecule has 3 N–H and O–H groups in total. The molecule has 0 aliphatic carbocycles. The summed E-state index contributed by atoms with van der Waals surface area (Å²) < 4.78 is 0. The summed E-state index contributed by atoms with van der Waals surface area (Å²) in [5.41, 5.74) is 7.44. The van der Waals surface area contributed by atoms with Crippen molar-refractivity contribution in [3.63, 3.8) is 0 Å². The van der Waals surface area contributed by atoms with E-state index in [-0.39, 0.29) is 0 Å². The van der Waals surface area contributed by atoms with Crippen LogP contribution in [0.3, 0.4) is 0 Å². The average Bonchev–Trinajstić information content (AvgIpc) is 2.19. The molecule has 0 atom stereocenters. The molecule has 1 aromatic rings. The first-order valence-corrected chi connectivity index (χ1v) is 4.72.